The second-order valence-electron chi connectivity index (χ2n) is 4.58. The van der Waals surface area contributed by atoms with Gasteiger partial charge >= 0.3 is 0 Å². The lowest BCUT2D eigenvalue weighted by Crippen LogP contribution is -2.44. The summed E-state index contributed by atoms with van der Waals surface area (Å²) in [4.78, 5) is 13.6. The van der Waals surface area contributed by atoms with Crippen molar-refractivity contribution < 1.29 is 9.90 Å². The van der Waals surface area contributed by atoms with E-state index in [1.165, 1.54) is 0 Å². The molecule has 2 N–H and O–H groups in total. The van der Waals surface area contributed by atoms with Gasteiger partial charge in [-0.25, -0.2) is 0 Å². The van der Waals surface area contributed by atoms with Crippen molar-refractivity contribution in [2.24, 2.45) is 0 Å². The van der Waals surface area contributed by atoms with Crippen LogP contribution in [0, 0.1) is 0 Å². The van der Waals surface area contributed by atoms with Crippen molar-refractivity contribution in [1.29, 1.82) is 0 Å². The van der Waals surface area contributed by atoms with Crippen molar-refractivity contribution in [1.82, 2.24) is 10.2 Å². The summed E-state index contributed by atoms with van der Waals surface area (Å²) in [6.45, 7) is 4.42. The van der Waals surface area contributed by atoms with Gasteiger partial charge in [0.15, 0.2) is 0 Å². The second-order valence-corrected chi connectivity index (χ2v) is 4.58. The van der Waals surface area contributed by atoms with Crippen molar-refractivity contribution in [3.8, 4) is 0 Å². The highest BCUT2D eigenvalue weighted by Crippen LogP contribution is 2.18. The van der Waals surface area contributed by atoms with Gasteiger partial charge in [0, 0.05) is 12.6 Å². The molecular formula is C11H22N2O2. The summed E-state index contributed by atoms with van der Waals surface area (Å²) in [7, 11) is 1.92. The lowest BCUT2D eigenvalue weighted by atomic mass is 10.2. The molecule has 4 heteroatoms. The predicted molar refractivity (Wildman–Crippen MR) is 59.6 cm³/mol. The standard InChI is InChI=1S/C11H22N2O2/c1-8(14)6-7-13(3)9(2)11(15)12-10-4-5-10/h8-10,14H,4-7H2,1-3H3,(H,12,15). The number of nitrogens with one attached hydrogen (secondary N) is 1. The minimum absolute atomic E-state index is 0.102. The molecule has 0 aromatic heterocycles. The van der Waals surface area contributed by atoms with E-state index in [2.05, 4.69) is 5.32 Å². The highest BCUT2D eigenvalue weighted by Gasteiger charge is 2.26. The lowest BCUT2D eigenvalue weighted by molar-refractivity contribution is -0.125. The van der Waals surface area contributed by atoms with Crippen LogP contribution >= 0.6 is 0 Å². The molecule has 1 aliphatic rings. The topological polar surface area (TPSA) is 52.6 Å². The Labute approximate surface area is 91.6 Å². The smallest absolute Gasteiger partial charge is 0.237 e. The molecule has 0 saturated heterocycles. The normalized spacial score (nSPS) is 20.1. The molecule has 0 heterocycles. The largest absolute Gasteiger partial charge is 0.393 e. The summed E-state index contributed by atoms with van der Waals surface area (Å²) in [6.07, 6.45) is 2.65. The summed E-state index contributed by atoms with van der Waals surface area (Å²) in [5.74, 6) is 0.102. The molecule has 1 aliphatic carbocycles. The first kappa shape index (κ1) is 12.5. The molecule has 0 spiro atoms. The van der Waals surface area contributed by atoms with E-state index in [0.29, 0.717) is 12.5 Å². The summed E-state index contributed by atoms with van der Waals surface area (Å²) >= 11 is 0. The average Bonchev–Trinajstić information content (AvgIpc) is 2.96. The Morgan fingerprint density at radius 3 is 2.60 bits per heavy atom. The van der Waals surface area contributed by atoms with E-state index in [0.717, 1.165) is 19.4 Å². The number of hydrogen-bond acceptors (Lipinski definition) is 3. The molecule has 1 rings (SSSR count). The predicted octanol–water partition coefficient (Wildman–Crippen LogP) is 0.356. The van der Waals surface area contributed by atoms with Crippen molar-refractivity contribution in [2.45, 2.75) is 51.3 Å². The van der Waals surface area contributed by atoms with E-state index in [-0.39, 0.29) is 18.1 Å². The summed E-state index contributed by atoms with van der Waals surface area (Å²) in [5.41, 5.74) is 0. The van der Waals surface area contributed by atoms with Gasteiger partial charge in [0.1, 0.15) is 0 Å². The van der Waals surface area contributed by atoms with Crippen LogP contribution < -0.4 is 5.32 Å². The second kappa shape index (κ2) is 5.47. The van der Waals surface area contributed by atoms with Crippen molar-refractivity contribution in [2.75, 3.05) is 13.6 Å². The molecule has 0 aliphatic heterocycles. The molecule has 0 bridgehead atoms. The van der Waals surface area contributed by atoms with Crippen LogP contribution in [-0.4, -0.2) is 47.7 Å². The van der Waals surface area contributed by atoms with Crippen molar-refractivity contribution >= 4 is 5.91 Å². The van der Waals surface area contributed by atoms with Crippen LogP contribution in [0.25, 0.3) is 0 Å². The van der Waals surface area contributed by atoms with E-state index < -0.39 is 0 Å². The molecule has 4 nitrogen and oxygen atoms in total. The van der Waals surface area contributed by atoms with Crippen LogP contribution in [0.2, 0.25) is 0 Å². The van der Waals surface area contributed by atoms with Crippen molar-refractivity contribution in [3.05, 3.63) is 0 Å². The van der Waals surface area contributed by atoms with Gasteiger partial charge < -0.3 is 10.4 Å². The Morgan fingerprint density at radius 1 is 1.53 bits per heavy atom. The summed E-state index contributed by atoms with van der Waals surface area (Å²) < 4.78 is 0. The first-order valence-corrected chi connectivity index (χ1v) is 5.69. The van der Waals surface area contributed by atoms with E-state index in [1.54, 1.807) is 6.92 Å². The lowest BCUT2D eigenvalue weighted by Gasteiger charge is -2.24. The first-order chi connectivity index (χ1) is 7.00. The minimum Gasteiger partial charge on any atom is -0.393 e. The number of rotatable bonds is 6. The third kappa shape index (κ3) is 4.62. The Balaban J connectivity index is 2.23. The third-order valence-corrected chi connectivity index (χ3v) is 2.86. The number of carbonyl (C=O) groups excluding carboxylic acids is 1. The number of nitrogens with zero attached hydrogens (tertiary/aromatic N) is 1. The maximum absolute atomic E-state index is 11.7. The van der Waals surface area contributed by atoms with Crippen LogP contribution in [0.5, 0.6) is 0 Å². The molecule has 15 heavy (non-hydrogen) atoms. The van der Waals surface area contributed by atoms with Gasteiger partial charge in [-0.3, -0.25) is 9.69 Å². The molecule has 0 aromatic carbocycles. The van der Waals surface area contributed by atoms with Crippen LogP contribution in [-0.2, 0) is 4.79 Å². The molecule has 1 amide bonds. The van der Waals surface area contributed by atoms with E-state index in [4.69, 9.17) is 5.11 Å². The number of aliphatic hydroxyl groups excluding tert-OH is 1. The number of aliphatic hydroxyl groups is 1. The Hall–Kier alpha value is -0.610. The summed E-state index contributed by atoms with van der Waals surface area (Å²) in [6, 6.07) is 0.314. The first-order valence-electron chi connectivity index (χ1n) is 5.69. The third-order valence-electron chi connectivity index (χ3n) is 2.86. The molecule has 0 aromatic rings. The maximum Gasteiger partial charge on any atom is 0.237 e. The number of hydrogen-bond donors (Lipinski definition) is 2. The SMILES string of the molecule is CC(O)CCN(C)C(C)C(=O)NC1CC1. The van der Waals surface area contributed by atoms with Gasteiger partial charge in [0.2, 0.25) is 5.91 Å². The fourth-order valence-electron chi connectivity index (χ4n) is 1.33. The minimum atomic E-state index is -0.300. The van der Waals surface area contributed by atoms with Crippen LogP contribution in [0.15, 0.2) is 0 Å². The van der Waals surface area contributed by atoms with Crippen LogP contribution in [0.4, 0.5) is 0 Å². The number of carbonyl (C=O) groups is 1. The van der Waals surface area contributed by atoms with Gasteiger partial charge in [-0.15, -0.1) is 0 Å². The Morgan fingerprint density at radius 2 is 2.13 bits per heavy atom. The molecule has 1 saturated carbocycles. The zero-order valence-electron chi connectivity index (χ0n) is 9.86. The molecular weight excluding hydrogens is 192 g/mol. The van der Waals surface area contributed by atoms with Gasteiger partial charge in [0.25, 0.3) is 0 Å². The number of likely N-dealkylation sites (N-methyl/N-ethyl adjacent to an activating group) is 1. The van der Waals surface area contributed by atoms with Crippen molar-refractivity contribution in [3.63, 3.8) is 0 Å². The van der Waals surface area contributed by atoms with Gasteiger partial charge in [-0.1, -0.05) is 0 Å². The number of amides is 1. The van der Waals surface area contributed by atoms with Gasteiger partial charge in [-0.2, -0.15) is 0 Å². The van der Waals surface area contributed by atoms with E-state index in [9.17, 15) is 4.79 Å². The Bertz CT molecular complexity index is 215. The molecule has 0 radical (unpaired) electrons. The fraction of sp³-hybridized carbons (Fsp3) is 0.909. The van der Waals surface area contributed by atoms with Gasteiger partial charge in [0.05, 0.1) is 12.1 Å². The zero-order chi connectivity index (χ0) is 11.4. The molecule has 1 fully saturated rings. The summed E-state index contributed by atoms with van der Waals surface area (Å²) in [5, 5.41) is 12.1. The van der Waals surface area contributed by atoms with Crippen LogP contribution in [0.1, 0.15) is 33.1 Å². The fourth-order valence-corrected chi connectivity index (χ4v) is 1.33. The molecule has 2 atom stereocenters. The zero-order valence-corrected chi connectivity index (χ0v) is 9.86. The average molecular weight is 214 g/mol. The highest BCUT2D eigenvalue weighted by molar-refractivity contribution is 5.81. The highest BCUT2D eigenvalue weighted by atomic mass is 16.3. The molecule has 88 valence electrons. The Kier molecular flexibility index (Phi) is 4.54. The maximum atomic E-state index is 11.7. The quantitative estimate of drug-likeness (QED) is 0.671. The van der Waals surface area contributed by atoms with Gasteiger partial charge in [-0.05, 0) is 40.2 Å². The molecule has 2 unspecified atom stereocenters. The monoisotopic (exact) mass is 214 g/mol. The van der Waals surface area contributed by atoms with Crippen LogP contribution in [0.3, 0.4) is 0 Å². The van der Waals surface area contributed by atoms with E-state index >= 15 is 0 Å². The van der Waals surface area contributed by atoms with E-state index in [1.807, 2.05) is 18.9 Å².